The van der Waals surface area contributed by atoms with Gasteiger partial charge in [-0.1, -0.05) is 13.3 Å². The van der Waals surface area contributed by atoms with Crippen molar-refractivity contribution in [1.29, 1.82) is 0 Å². The van der Waals surface area contributed by atoms with Crippen molar-refractivity contribution < 1.29 is 5.11 Å². The number of aromatic nitrogens is 4. The molecule has 0 aliphatic heterocycles. The molecule has 4 N–H and O–H groups in total. The van der Waals surface area contributed by atoms with Gasteiger partial charge in [-0.25, -0.2) is 9.97 Å². The number of guanidine groups is 1. The third-order valence-electron chi connectivity index (χ3n) is 4.33. The molecule has 0 bridgehead atoms. The van der Waals surface area contributed by atoms with E-state index in [0.29, 0.717) is 19.0 Å². The maximum absolute atomic E-state index is 9.19. The third-order valence-corrected chi connectivity index (χ3v) is 4.33. The van der Waals surface area contributed by atoms with Gasteiger partial charge in [-0.3, -0.25) is 9.67 Å². The van der Waals surface area contributed by atoms with Crippen molar-refractivity contribution in [2.45, 2.75) is 33.1 Å². The van der Waals surface area contributed by atoms with Gasteiger partial charge >= 0.3 is 0 Å². The van der Waals surface area contributed by atoms with Crippen LogP contribution in [-0.4, -0.2) is 63.6 Å². The molecule has 2 aromatic rings. The van der Waals surface area contributed by atoms with Gasteiger partial charge in [0.25, 0.3) is 0 Å². The lowest BCUT2D eigenvalue weighted by Gasteiger charge is -2.15. The average Bonchev–Trinajstić information content (AvgIpc) is 3.05. The van der Waals surface area contributed by atoms with Crippen LogP contribution >= 0.6 is 24.0 Å². The highest BCUT2D eigenvalue weighted by Crippen LogP contribution is 2.17. The van der Waals surface area contributed by atoms with Crippen LogP contribution in [0.15, 0.2) is 17.5 Å². The van der Waals surface area contributed by atoms with Gasteiger partial charge < -0.3 is 21.1 Å². The number of nitrogens with one attached hydrogen (secondary N) is 3. The topological polar surface area (TPSA) is 112 Å². The molecule has 28 heavy (non-hydrogen) atoms. The first-order valence-electron chi connectivity index (χ1n) is 9.69. The first-order valence-corrected chi connectivity index (χ1v) is 9.69. The third kappa shape index (κ3) is 7.38. The first-order chi connectivity index (χ1) is 13.2. The molecule has 0 saturated heterocycles. The molecule has 1 atom stereocenters. The van der Waals surface area contributed by atoms with Crippen molar-refractivity contribution in [3.05, 3.63) is 12.5 Å². The molecule has 2 heterocycles. The second kappa shape index (κ2) is 13.5. The summed E-state index contributed by atoms with van der Waals surface area (Å²) in [6.45, 7) is 7.36. The number of fused-ring (bicyclic) bond motifs is 1. The molecule has 0 aliphatic rings. The Balaban J connectivity index is 0.00000392. The van der Waals surface area contributed by atoms with E-state index in [1.165, 1.54) is 0 Å². The average molecular weight is 504 g/mol. The predicted octanol–water partition coefficient (Wildman–Crippen LogP) is 1.75. The Morgan fingerprint density at radius 3 is 2.75 bits per heavy atom. The normalized spacial score (nSPS) is 12.5. The highest BCUT2D eigenvalue weighted by atomic mass is 127. The van der Waals surface area contributed by atoms with Crippen molar-refractivity contribution in [3.8, 4) is 0 Å². The number of halogens is 1. The molecule has 0 amide bonds. The van der Waals surface area contributed by atoms with Gasteiger partial charge in [0.1, 0.15) is 12.1 Å². The Morgan fingerprint density at radius 1 is 1.21 bits per heavy atom. The number of hydrogen-bond acceptors (Lipinski definition) is 6. The standard InChI is InChI=1S/C18H32N8O.HI/c1-4-6-14(7-10-27)11-22-18(19-5-2)21-9-8-20-16-15-12-25-26(3)17(15)24-13-23-16;/h12-14,27H,4-11H2,1-3H3,(H2,19,21,22)(H,20,23,24);1H. The van der Waals surface area contributed by atoms with Gasteiger partial charge in [0.05, 0.1) is 11.6 Å². The van der Waals surface area contributed by atoms with Gasteiger partial charge in [-0.15, -0.1) is 24.0 Å². The summed E-state index contributed by atoms with van der Waals surface area (Å²) in [5.41, 5.74) is 0.807. The van der Waals surface area contributed by atoms with Crippen molar-refractivity contribution in [2.24, 2.45) is 18.0 Å². The second-order valence-corrected chi connectivity index (χ2v) is 6.47. The molecule has 0 saturated carbocycles. The molecule has 2 rings (SSSR count). The van der Waals surface area contributed by atoms with Crippen LogP contribution in [0.3, 0.4) is 0 Å². The van der Waals surface area contributed by atoms with Crippen molar-refractivity contribution >= 4 is 46.8 Å². The summed E-state index contributed by atoms with van der Waals surface area (Å²) in [4.78, 5) is 13.2. The maximum Gasteiger partial charge on any atom is 0.191 e. The van der Waals surface area contributed by atoms with E-state index in [0.717, 1.165) is 55.2 Å². The minimum absolute atomic E-state index is 0. The summed E-state index contributed by atoms with van der Waals surface area (Å²) >= 11 is 0. The van der Waals surface area contributed by atoms with E-state index in [9.17, 15) is 5.11 Å². The number of nitrogens with zero attached hydrogens (tertiary/aromatic N) is 5. The van der Waals surface area contributed by atoms with Gasteiger partial charge in [-0.2, -0.15) is 5.10 Å². The SMILES string of the molecule is CCCC(CCO)CN=C(NCC)NCCNc1ncnc2c1cnn2C.I. The van der Waals surface area contributed by atoms with E-state index in [1.54, 1.807) is 17.2 Å². The van der Waals surface area contributed by atoms with Crippen LogP contribution in [-0.2, 0) is 7.05 Å². The molecule has 0 aromatic carbocycles. The quantitative estimate of drug-likeness (QED) is 0.160. The summed E-state index contributed by atoms with van der Waals surface area (Å²) < 4.78 is 1.73. The molecule has 0 radical (unpaired) electrons. The van der Waals surface area contributed by atoms with E-state index < -0.39 is 0 Å². The molecule has 2 aromatic heterocycles. The lowest BCUT2D eigenvalue weighted by molar-refractivity contribution is 0.253. The summed E-state index contributed by atoms with van der Waals surface area (Å²) in [7, 11) is 1.86. The van der Waals surface area contributed by atoms with E-state index >= 15 is 0 Å². The number of aliphatic hydroxyl groups is 1. The molecule has 0 fully saturated rings. The smallest absolute Gasteiger partial charge is 0.191 e. The minimum atomic E-state index is 0. The fraction of sp³-hybridized carbons (Fsp3) is 0.667. The molecular formula is C18H33IN8O. The molecule has 0 spiro atoms. The van der Waals surface area contributed by atoms with E-state index in [4.69, 9.17) is 0 Å². The lowest BCUT2D eigenvalue weighted by Crippen LogP contribution is -2.40. The van der Waals surface area contributed by atoms with E-state index in [1.807, 2.05) is 14.0 Å². The fourth-order valence-electron chi connectivity index (χ4n) is 2.94. The summed E-state index contributed by atoms with van der Waals surface area (Å²) in [5.74, 6) is 2.00. The highest BCUT2D eigenvalue weighted by Gasteiger charge is 2.08. The monoisotopic (exact) mass is 504 g/mol. The van der Waals surface area contributed by atoms with Crippen LogP contribution in [0.5, 0.6) is 0 Å². The summed E-state index contributed by atoms with van der Waals surface area (Å²) in [6, 6.07) is 0. The Morgan fingerprint density at radius 2 is 2.04 bits per heavy atom. The predicted molar refractivity (Wildman–Crippen MR) is 124 cm³/mol. The van der Waals surface area contributed by atoms with Crippen molar-refractivity contribution in [1.82, 2.24) is 30.4 Å². The Bertz CT molecular complexity index is 715. The van der Waals surface area contributed by atoms with Crippen LogP contribution in [0.2, 0.25) is 0 Å². The Hall–Kier alpha value is -1.69. The zero-order chi connectivity index (χ0) is 19.5. The van der Waals surface area contributed by atoms with Crippen molar-refractivity contribution in [3.63, 3.8) is 0 Å². The molecule has 10 heteroatoms. The van der Waals surface area contributed by atoms with Crippen LogP contribution in [0, 0.1) is 5.92 Å². The number of hydrogen-bond donors (Lipinski definition) is 4. The maximum atomic E-state index is 9.19. The zero-order valence-electron chi connectivity index (χ0n) is 17.0. The number of aliphatic hydroxyl groups excluding tert-OH is 1. The summed E-state index contributed by atoms with van der Waals surface area (Å²) in [6.07, 6.45) is 6.30. The van der Waals surface area contributed by atoms with E-state index in [-0.39, 0.29) is 30.6 Å². The molecule has 158 valence electrons. The van der Waals surface area contributed by atoms with Gasteiger partial charge in [-0.05, 0) is 25.7 Å². The first kappa shape index (κ1) is 24.3. The number of aryl methyl sites for hydroxylation is 1. The van der Waals surface area contributed by atoms with Crippen LogP contribution < -0.4 is 16.0 Å². The van der Waals surface area contributed by atoms with Crippen LogP contribution in [0.4, 0.5) is 5.82 Å². The zero-order valence-corrected chi connectivity index (χ0v) is 19.3. The van der Waals surface area contributed by atoms with Crippen molar-refractivity contribution in [2.75, 3.05) is 38.1 Å². The molecule has 1 unspecified atom stereocenters. The molecular weight excluding hydrogens is 471 g/mol. The largest absolute Gasteiger partial charge is 0.396 e. The number of aliphatic imine (C=N–C) groups is 1. The fourth-order valence-corrected chi connectivity index (χ4v) is 2.94. The lowest BCUT2D eigenvalue weighted by atomic mass is 10.0. The van der Waals surface area contributed by atoms with E-state index in [2.05, 4.69) is 42.9 Å². The number of anilines is 1. The van der Waals surface area contributed by atoms with Crippen LogP contribution in [0.1, 0.15) is 33.1 Å². The Labute approximate surface area is 183 Å². The van der Waals surface area contributed by atoms with Gasteiger partial charge in [0.2, 0.25) is 0 Å². The van der Waals surface area contributed by atoms with Crippen LogP contribution in [0.25, 0.3) is 11.0 Å². The highest BCUT2D eigenvalue weighted by molar-refractivity contribution is 14.0. The molecule has 0 aliphatic carbocycles. The Kier molecular flexibility index (Phi) is 11.7. The van der Waals surface area contributed by atoms with Gasteiger partial charge in [0.15, 0.2) is 11.6 Å². The van der Waals surface area contributed by atoms with Gasteiger partial charge in [0, 0.05) is 39.8 Å². The minimum Gasteiger partial charge on any atom is -0.396 e. The second-order valence-electron chi connectivity index (χ2n) is 6.47. The summed E-state index contributed by atoms with van der Waals surface area (Å²) in [5, 5.41) is 24.2. The molecule has 9 nitrogen and oxygen atoms in total. The number of rotatable bonds is 11.